The second-order valence-electron chi connectivity index (χ2n) is 11.3. The molecule has 21 nitrogen and oxygen atoms in total. The number of aryl methyl sites for hydroxylation is 2. The maximum Gasteiger partial charge on any atom is 0.388 e. The van der Waals surface area contributed by atoms with Crippen molar-refractivity contribution in [1.82, 2.24) is 38.2 Å². The van der Waals surface area contributed by atoms with Gasteiger partial charge in [-0.05, 0) is 0 Å². The lowest BCUT2D eigenvalue weighted by atomic mass is 10.0. The van der Waals surface area contributed by atoms with E-state index in [4.69, 9.17) is 34.5 Å². The van der Waals surface area contributed by atoms with Gasteiger partial charge in [0.1, 0.15) is 42.2 Å². The molecule has 4 aromatic heterocycles. The second kappa shape index (κ2) is 12.8. The van der Waals surface area contributed by atoms with Crippen LogP contribution < -0.4 is 22.8 Å². The van der Waals surface area contributed by atoms with Crippen molar-refractivity contribution in [3.05, 3.63) is 33.6 Å². The Morgan fingerprint density at radius 3 is 2.00 bits per heavy atom. The van der Waals surface area contributed by atoms with Crippen molar-refractivity contribution in [3.8, 4) is 0 Å². The first-order chi connectivity index (χ1) is 22.5. The van der Waals surface area contributed by atoms with Crippen molar-refractivity contribution in [3.63, 3.8) is 0 Å². The average molecular weight is 751 g/mol. The van der Waals surface area contributed by atoms with Crippen LogP contribution >= 0.6 is 38.1 Å². The normalized spacial score (nSPS) is 28.7. The monoisotopic (exact) mass is 750 g/mol. The van der Waals surface area contributed by atoms with E-state index in [0.29, 0.717) is 5.52 Å². The SMILES string of the molecule is C[C@H]1C[C@@H](OP(=O)(S)OCC2[C@H](n3c(=O)n(C)c4c(N)ncnc43)O[C@H](COP(=O)(O)S)[C@H]2O)O[C@H]1n1c(=O)n(C)c2c(N)ncnc21. The number of nitrogens with two attached hydrogens (primary N) is 2. The predicted octanol–water partition coefficient (Wildman–Crippen LogP) is 0.311. The summed E-state index contributed by atoms with van der Waals surface area (Å²) < 4.78 is 58.1. The third kappa shape index (κ3) is 6.33. The third-order valence-corrected chi connectivity index (χ3v) is 10.7. The highest BCUT2D eigenvalue weighted by molar-refractivity contribution is 8.44. The zero-order valence-electron chi connectivity index (χ0n) is 25.4. The number of thiol groups is 2. The molecule has 0 aromatic carbocycles. The molecule has 262 valence electrons. The van der Waals surface area contributed by atoms with Gasteiger partial charge in [-0.2, -0.15) is 0 Å². The second-order valence-corrected chi connectivity index (χ2v) is 17.0. The summed E-state index contributed by atoms with van der Waals surface area (Å²) in [6, 6.07) is 0. The summed E-state index contributed by atoms with van der Waals surface area (Å²) in [6.07, 6.45) is -3.59. The van der Waals surface area contributed by atoms with E-state index in [1.54, 1.807) is 6.92 Å². The van der Waals surface area contributed by atoms with Crippen molar-refractivity contribution in [2.75, 3.05) is 24.7 Å². The van der Waals surface area contributed by atoms with E-state index in [-0.39, 0.29) is 40.8 Å². The number of hydrogen-bond donors (Lipinski definition) is 6. The number of imidazole rings is 2. The zero-order chi connectivity index (χ0) is 34.9. The minimum atomic E-state index is -4.28. The van der Waals surface area contributed by atoms with Gasteiger partial charge in [0.2, 0.25) is 0 Å². The van der Waals surface area contributed by atoms with Crippen molar-refractivity contribution >= 4 is 72.1 Å². The van der Waals surface area contributed by atoms with E-state index < -0.39 is 75.1 Å². The van der Waals surface area contributed by atoms with Gasteiger partial charge in [0.25, 0.3) is 0 Å². The Morgan fingerprint density at radius 1 is 0.917 bits per heavy atom. The molecule has 6 heterocycles. The van der Waals surface area contributed by atoms with Gasteiger partial charge in [0.15, 0.2) is 29.2 Å². The summed E-state index contributed by atoms with van der Waals surface area (Å²) in [7, 11) is 2.95. The molecule has 9 atom stereocenters. The maximum absolute atomic E-state index is 13.5. The minimum Gasteiger partial charge on any atom is -0.390 e. The van der Waals surface area contributed by atoms with Crippen LogP contribution in [0.25, 0.3) is 22.3 Å². The quantitative estimate of drug-likeness (QED) is 0.0940. The molecular weight excluding hydrogens is 718 g/mol. The van der Waals surface area contributed by atoms with Gasteiger partial charge in [0, 0.05) is 26.4 Å². The first-order valence-electron chi connectivity index (χ1n) is 14.2. The van der Waals surface area contributed by atoms with Crippen LogP contribution in [0.3, 0.4) is 0 Å². The van der Waals surface area contributed by atoms with Crippen molar-refractivity contribution in [2.45, 2.75) is 44.3 Å². The van der Waals surface area contributed by atoms with Crippen LogP contribution in [-0.4, -0.2) is 79.9 Å². The summed E-state index contributed by atoms with van der Waals surface area (Å²) in [6.45, 7) is -7.92. The molecule has 25 heteroatoms. The van der Waals surface area contributed by atoms with Gasteiger partial charge < -0.3 is 35.5 Å². The van der Waals surface area contributed by atoms with E-state index in [2.05, 4.69) is 44.4 Å². The van der Waals surface area contributed by atoms with Gasteiger partial charge in [-0.3, -0.25) is 18.2 Å². The molecular formula is C23H32N10O11P2S2. The standard InChI is InChI=1S/C23H32N10O11P2S2/c1-9-4-12(43-20(9)32-18-13(30(2)22(32)35)16(24)26-7-28-18)44-46(39,48)41-5-10-15(34)11(6-40-45(37,38)47)42-21(10)33-19-14(31(3)23(33)36)17(25)27-8-29-19/h7-12,15,20-21,34H,4-6H2,1-3H3,(H,39,48)(H2,24,26,28)(H2,25,27,29)(H2,37,38,47)/t9-,10?,11+,12+,15-,20+,21+,46?/m0/s1. The molecule has 0 spiro atoms. The van der Waals surface area contributed by atoms with Gasteiger partial charge >= 0.3 is 25.0 Å². The topological polar surface area (TPSA) is 278 Å². The summed E-state index contributed by atoms with van der Waals surface area (Å²) >= 11 is 7.59. The molecule has 2 saturated heterocycles. The lowest BCUT2D eigenvalue weighted by Gasteiger charge is -2.24. The Labute approximate surface area is 280 Å². The van der Waals surface area contributed by atoms with Crippen LogP contribution in [0.15, 0.2) is 22.2 Å². The smallest absolute Gasteiger partial charge is 0.388 e. The largest absolute Gasteiger partial charge is 0.390 e. The van der Waals surface area contributed by atoms with E-state index >= 15 is 0 Å². The molecule has 6 N–H and O–H groups in total. The predicted molar refractivity (Wildman–Crippen MR) is 174 cm³/mol. The van der Waals surface area contributed by atoms with Crippen LogP contribution in [0.1, 0.15) is 25.8 Å². The number of fused-ring (bicyclic) bond motifs is 2. The Hall–Kier alpha value is -2.82. The van der Waals surface area contributed by atoms with Gasteiger partial charge in [-0.1, -0.05) is 31.4 Å². The van der Waals surface area contributed by atoms with Gasteiger partial charge in [-0.25, -0.2) is 47.8 Å². The number of nitrogens with zero attached hydrogens (tertiary/aromatic N) is 8. The summed E-state index contributed by atoms with van der Waals surface area (Å²) in [4.78, 5) is 52.2. The highest BCUT2D eigenvalue weighted by Crippen LogP contribution is 2.57. The first-order valence-corrected chi connectivity index (χ1v) is 19.6. The van der Waals surface area contributed by atoms with Crippen LogP contribution in [0.5, 0.6) is 0 Å². The molecule has 4 aromatic rings. The Balaban J connectivity index is 1.23. The lowest BCUT2D eigenvalue weighted by Crippen LogP contribution is -2.34. The lowest BCUT2D eigenvalue weighted by molar-refractivity contribution is -0.104. The zero-order valence-corrected chi connectivity index (χ0v) is 29.0. The fourth-order valence-corrected chi connectivity index (χ4v) is 7.88. The fourth-order valence-electron chi connectivity index (χ4n) is 5.97. The van der Waals surface area contributed by atoms with Crippen molar-refractivity contribution in [1.29, 1.82) is 0 Å². The molecule has 2 aliphatic heterocycles. The maximum atomic E-state index is 13.5. The Kier molecular flexibility index (Phi) is 9.35. The molecule has 0 radical (unpaired) electrons. The van der Waals surface area contributed by atoms with Gasteiger partial charge in [-0.15, -0.1) is 0 Å². The summed E-state index contributed by atoms with van der Waals surface area (Å²) in [5.74, 6) is -1.39. The number of anilines is 2. The van der Waals surface area contributed by atoms with E-state index in [9.17, 15) is 28.7 Å². The first kappa shape index (κ1) is 35.0. The highest BCUT2D eigenvalue weighted by Gasteiger charge is 2.48. The number of aliphatic hydroxyl groups is 1. The van der Waals surface area contributed by atoms with Crippen molar-refractivity contribution in [2.24, 2.45) is 25.9 Å². The van der Waals surface area contributed by atoms with Crippen LogP contribution in [0.4, 0.5) is 11.6 Å². The number of hydrogen-bond acceptors (Lipinski definition) is 16. The fraction of sp³-hybridized carbons (Fsp3) is 0.565. The van der Waals surface area contributed by atoms with Crippen LogP contribution in [0.2, 0.25) is 0 Å². The molecule has 0 saturated carbocycles. The molecule has 0 aliphatic carbocycles. The third-order valence-electron chi connectivity index (χ3n) is 8.21. The molecule has 6 rings (SSSR count). The van der Waals surface area contributed by atoms with E-state index in [1.807, 2.05) is 0 Å². The van der Waals surface area contributed by atoms with Gasteiger partial charge in [0.05, 0.1) is 25.2 Å². The Morgan fingerprint density at radius 2 is 1.46 bits per heavy atom. The van der Waals surface area contributed by atoms with Crippen LogP contribution in [0, 0.1) is 11.8 Å². The molecule has 0 amide bonds. The number of aliphatic hydroxyl groups excluding tert-OH is 1. The number of rotatable bonds is 10. The number of ether oxygens (including phenoxy) is 2. The average Bonchev–Trinajstić information content (AvgIpc) is 3.66. The molecule has 2 fully saturated rings. The summed E-state index contributed by atoms with van der Waals surface area (Å²) in [5.41, 5.74) is 11.6. The highest BCUT2D eigenvalue weighted by atomic mass is 32.7. The Bertz CT molecular complexity index is 2100. The number of nitrogen functional groups attached to an aromatic ring is 2. The minimum absolute atomic E-state index is 0.0000867. The molecule has 0 bridgehead atoms. The van der Waals surface area contributed by atoms with E-state index in [0.717, 1.165) is 10.9 Å². The molecule has 48 heavy (non-hydrogen) atoms. The summed E-state index contributed by atoms with van der Waals surface area (Å²) in [5, 5.41) is 11.2. The van der Waals surface area contributed by atoms with E-state index in [1.165, 1.54) is 34.1 Å². The number of aromatic nitrogens is 8. The van der Waals surface area contributed by atoms with Crippen molar-refractivity contribution < 1.29 is 42.2 Å². The molecule has 3 unspecified atom stereocenters. The molecule has 2 aliphatic rings. The van der Waals surface area contributed by atoms with Crippen LogP contribution in [-0.2, 0) is 46.3 Å².